The van der Waals surface area contributed by atoms with Gasteiger partial charge in [-0.05, 0) is 12.1 Å². The summed E-state index contributed by atoms with van der Waals surface area (Å²) in [5, 5.41) is 15.5. The smallest absolute Gasteiger partial charge is 0.335 e. The summed E-state index contributed by atoms with van der Waals surface area (Å²) < 4.78 is 0. The maximum atomic E-state index is 10.4. The molecule has 0 fully saturated rings. The Labute approximate surface area is 68.4 Å². The lowest BCUT2D eigenvalue weighted by molar-refractivity contribution is 0.0696. The van der Waals surface area contributed by atoms with Crippen LogP contribution in [0.25, 0.3) is 0 Å². The average Bonchev–Trinajstić information content (AvgIpc) is 2.04. The highest BCUT2D eigenvalue weighted by atomic mass is 16.4. The van der Waals surface area contributed by atoms with Gasteiger partial charge in [0.2, 0.25) is 0 Å². The topological polar surface area (TPSA) is 100 Å². The minimum atomic E-state index is -1.06. The Bertz CT molecular complexity index is 306. The largest absolute Gasteiger partial charge is 0.478 e. The van der Waals surface area contributed by atoms with Crippen LogP contribution in [0, 0.1) is 5.41 Å². The first-order valence-corrected chi connectivity index (χ1v) is 3.15. The van der Waals surface area contributed by atoms with E-state index >= 15 is 0 Å². The van der Waals surface area contributed by atoms with E-state index in [1.807, 2.05) is 0 Å². The second-order valence-electron chi connectivity index (χ2n) is 2.15. The van der Waals surface area contributed by atoms with Crippen LogP contribution < -0.4 is 5.73 Å². The number of amidine groups is 1. The lowest BCUT2D eigenvalue weighted by atomic mass is 10.2. The van der Waals surface area contributed by atoms with E-state index in [1.165, 1.54) is 18.3 Å². The highest BCUT2D eigenvalue weighted by Crippen LogP contribution is 2.00. The van der Waals surface area contributed by atoms with Gasteiger partial charge in [-0.1, -0.05) is 0 Å². The molecule has 12 heavy (non-hydrogen) atoms. The zero-order valence-corrected chi connectivity index (χ0v) is 6.11. The fourth-order valence-corrected chi connectivity index (χ4v) is 0.711. The minimum absolute atomic E-state index is 0.0789. The highest BCUT2D eigenvalue weighted by molar-refractivity contribution is 5.96. The molecule has 62 valence electrons. The van der Waals surface area contributed by atoms with Crippen LogP contribution in [0.3, 0.4) is 0 Å². The Kier molecular flexibility index (Phi) is 2.05. The van der Waals surface area contributed by atoms with Crippen molar-refractivity contribution in [2.75, 3.05) is 0 Å². The molecule has 1 heterocycles. The first-order chi connectivity index (χ1) is 5.61. The number of aromatic carboxylic acids is 1. The number of carboxylic acids is 1. The lowest BCUT2D eigenvalue weighted by Gasteiger charge is -1.97. The molecule has 0 bridgehead atoms. The predicted molar refractivity (Wildman–Crippen MR) is 42.2 cm³/mol. The van der Waals surface area contributed by atoms with E-state index < -0.39 is 5.97 Å². The average molecular weight is 165 g/mol. The molecule has 0 amide bonds. The van der Waals surface area contributed by atoms with Gasteiger partial charge in [-0.3, -0.25) is 10.4 Å². The van der Waals surface area contributed by atoms with E-state index in [9.17, 15) is 4.79 Å². The third-order valence-electron chi connectivity index (χ3n) is 1.28. The molecule has 1 rings (SSSR count). The summed E-state index contributed by atoms with van der Waals surface area (Å²) in [5.41, 5.74) is 5.37. The Hall–Kier alpha value is -1.91. The SMILES string of the molecule is N=C(N)c1cc(C(=O)O)ccn1. The van der Waals surface area contributed by atoms with Gasteiger partial charge in [-0.25, -0.2) is 4.79 Å². The van der Waals surface area contributed by atoms with Crippen molar-refractivity contribution in [3.8, 4) is 0 Å². The molecule has 0 aromatic carbocycles. The number of nitrogens with one attached hydrogen (secondary N) is 1. The predicted octanol–water partition coefficient (Wildman–Crippen LogP) is 0.0639. The number of nitrogens with two attached hydrogens (primary N) is 1. The van der Waals surface area contributed by atoms with Crippen molar-refractivity contribution >= 4 is 11.8 Å². The lowest BCUT2D eigenvalue weighted by Crippen LogP contribution is -2.14. The summed E-state index contributed by atoms with van der Waals surface area (Å²) in [4.78, 5) is 14.1. The fraction of sp³-hybridized carbons (Fsp3) is 0. The van der Waals surface area contributed by atoms with Gasteiger partial charge >= 0.3 is 5.97 Å². The maximum Gasteiger partial charge on any atom is 0.335 e. The Morgan fingerprint density at radius 1 is 1.67 bits per heavy atom. The summed E-state index contributed by atoms with van der Waals surface area (Å²) >= 11 is 0. The molecule has 5 heteroatoms. The molecule has 5 nitrogen and oxygen atoms in total. The van der Waals surface area contributed by atoms with Crippen molar-refractivity contribution < 1.29 is 9.90 Å². The normalized spacial score (nSPS) is 9.33. The van der Waals surface area contributed by atoms with Gasteiger partial charge < -0.3 is 10.8 Å². The van der Waals surface area contributed by atoms with Gasteiger partial charge in [0, 0.05) is 6.20 Å². The van der Waals surface area contributed by atoms with E-state index in [0.29, 0.717) is 0 Å². The van der Waals surface area contributed by atoms with Gasteiger partial charge in [0.25, 0.3) is 0 Å². The molecular weight excluding hydrogens is 158 g/mol. The van der Waals surface area contributed by atoms with E-state index in [-0.39, 0.29) is 17.1 Å². The molecule has 0 radical (unpaired) electrons. The van der Waals surface area contributed by atoms with Crippen LogP contribution in [-0.2, 0) is 0 Å². The van der Waals surface area contributed by atoms with Crippen LogP contribution in [0.15, 0.2) is 18.3 Å². The molecule has 4 N–H and O–H groups in total. The molecule has 0 saturated heterocycles. The quantitative estimate of drug-likeness (QED) is 0.426. The molecule has 1 aromatic rings. The molecular formula is C7H7N3O2. The third kappa shape index (κ3) is 1.57. The Morgan fingerprint density at radius 3 is 2.83 bits per heavy atom. The van der Waals surface area contributed by atoms with Crippen LogP contribution >= 0.6 is 0 Å². The molecule has 0 atom stereocenters. The molecule has 0 spiro atoms. The number of nitrogens with zero attached hydrogens (tertiary/aromatic N) is 1. The van der Waals surface area contributed by atoms with Crippen molar-refractivity contribution in [3.05, 3.63) is 29.6 Å². The standard InChI is InChI=1S/C7H7N3O2/c8-6(9)5-3-4(7(11)12)1-2-10-5/h1-3H,(H3,8,9)(H,11,12). The molecule has 1 aromatic heterocycles. The molecule has 0 unspecified atom stereocenters. The van der Waals surface area contributed by atoms with Gasteiger partial charge in [0.15, 0.2) is 0 Å². The van der Waals surface area contributed by atoms with E-state index in [0.717, 1.165) is 0 Å². The first kappa shape index (κ1) is 8.19. The monoisotopic (exact) mass is 165 g/mol. The van der Waals surface area contributed by atoms with E-state index in [1.54, 1.807) is 0 Å². The van der Waals surface area contributed by atoms with Crippen LogP contribution in [-0.4, -0.2) is 21.9 Å². The zero-order valence-electron chi connectivity index (χ0n) is 6.11. The van der Waals surface area contributed by atoms with Crippen LogP contribution in [0.1, 0.15) is 16.1 Å². The number of nitrogen functional groups attached to an aromatic ring is 1. The maximum absolute atomic E-state index is 10.4. The van der Waals surface area contributed by atoms with Gasteiger partial charge in [-0.2, -0.15) is 0 Å². The number of rotatable bonds is 2. The zero-order chi connectivity index (χ0) is 9.14. The summed E-state index contributed by atoms with van der Waals surface area (Å²) in [6.07, 6.45) is 1.31. The van der Waals surface area contributed by atoms with Gasteiger partial charge in [0.05, 0.1) is 5.56 Å². The van der Waals surface area contributed by atoms with Crippen molar-refractivity contribution in [3.63, 3.8) is 0 Å². The summed E-state index contributed by atoms with van der Waals surface area (Å²) in [6.45, 7) is 0. The molecule has 0 aliphatic carbocycles. The van der Waals surface area contributed by atoms with E-state index in [2.05, 4.69) is 4.98 Å². The number of hydrogen-bond donors (Lipinski definition) is 3. The summed E-state index contributed by atoms with van der Waals surface area (Å²) in [5.74, 6) is -1.29. The molecule has 0 saturated carbocycles. The molecule has 0 aliphatic heterocycles. The third-order valence-corrected chi connectivity index (χ3v) is 1.28. The van der Waals surface area contributed by atoms with Gasteiger partial charge in [-0.15, -0.1) is 0 Å². The highest BCUT2D eigenvalue weighted by Gasteiger charge is 2.04. The fourth-order valence-electron chi connectivity index (χ4n) is 0.711. The van der Waals surface area contributed by atoms with Crippen LogP contribution in [0.2, 0.25) is 0 Å². The van der Waals surface area contributed by atoms with Crippen molar-refractivity contribution in [2.24, 2.45) is 5.73 Å². The van der Waals surface area contributed by atoms with E-state index in [4.69, 9.17) is 16.2 Å². The second kappa shape index (κ2) is 3.00. The minimum Gasteiger partial charge on any atom is -0.478 e. The summed E-state index contributed by atoms with van der Waals surface area (Å²) in [7, 11) is 0. The van der Waals surface area contributed by atoms with Gasteiger partial charge in [0.1, 0.15) is 11.5 Å². The Morgan fingerprint density at radius 2 is 2.33 bits per heavy atom. The number of pyridine rings is 1. The van der Waals surface area contributed by atoms with Crippen molar-refractivity contribution in [1.29, 1.82) is 5.41 Å². The number of hydrogen-bond acceptors (Lipinski definition) is 3. The second-order valence-corrected chi connectivity index (χ2v) is 2.15. The number of aromatic nitrogens is 1. The van der Waals surface area contributed by atoms with Crippen molar-refractivity contribution in [1.82, 2.24) is 4.98 Å². The van der Waals surface area contributed by atoms with Crippen molar-refractivity contribution in [2.45, 2.75) is 0 Å². The Balaban J connectivity index is 3.12. The number of carbonyl (C=O) groups is 1. The van der Waals surface area contributed by atoms with Crippen LogP contribution in [0.4, 0.5) is 0 Å². The first-order valence-electron chi connectivity index (χ1n) is 3.15. The molecule has 0 aliphatic rings. The van der Waals surface area contributed by atoms with Crippen LogP contribution in [0.5, 0.6) is 0 Å². The number of carboxylic acid groups (broad SMARTS) is 1. The summed E-state index contributed by atoms with van der Waals surface area (Å²) in [6, 6.07) is 2.60.